The van der Waals surface area contributed by atoms with Crippen LogP contribution in [0.15, 0.2) is 54.6 Å². The first-order valence-electron chi connectivity index (χ1n) is 7.51. The van der Waals surface area contributed by atoms with E-state index in [1.807, 2.05) is 61.5 Å². The van der Waals surface area contributed by atoms with Crippen LogP contribution in [-0.4, -0.2) is 12.5 Å². The molecule has 0 spiro atoms. The van der Waals surface area contributed by atoms with E-state index in [4.69, 9.17) is 10.5 Å². The molecule has 4 nitrogen and oxygen atoms in total. The van der Waals surface area contributed by atoms with E-state index in [0.717, 1.165) is 17.1 Å². The lowest BCUT2D eigenvalue weighted by atomic mass is 10.1. The van der Waals surface area contributed by atoms with Gasteiger partial charge in [-0.3, -0.25) is 4.79 Å². The third kappa shape index (κ3) is 6.30. The van der Waals surface area contributed by atoms with Crippen molar-refractivity contribution in [3.8, 4) is 11.5 Å². The summed E-state index contributed by atoms with van der Waals surface area (Å²) >= 11 is 0. The SMILES string of the molecule is CC(NC(=O)CCCN)c1ccc(Oc2ccccc2)cc1.Cl. The monoisotopic (exact) mass is 334 g/mol. The van der Waals surface area contributed by atoms with Gasteiger partial charge in [-0.15, -0.1) is 12.4 Å². The summed E-state index contributed by atoms with van der Waals surface area (Å²) in [5.74, 6) is 1.61. The van der Waals surface area contributed by atoms with Crippen LogP contribution in [0.5, 0.6) is 11.5 Å². The zero-order valence-electron chi connectivity index (χ0n) is 13.2. The number of rotatable bonds is 7. The fourth-order valence-electron chi connectivity index (χ4n) is 2.11. The van der Waals surface area contributed by atoms with Gasteiger partial charge in [0, 0.05) is 6.42 Å². The molecule has 124 valence electrons. The number of halogens is 1. The van der Waals surface area contributed by atoms with Gasteiger partial charge in [-0.25, -0.2) is 0 Å². The summed E-state index contributed by atoms with van der Waals surface area (Å²) in [6, 6.07) is 17.4. The first-order chi connectivity index (χ1) is 10.7. The molecule has 0 saturated heterocycles. The van der Waals surface area contributed by atoms with Crippen molar-refractivity contribution in [3.63, 3.8) is 0 Å². The van der Waals surface area contributed by atoms with Crippen molar-refractivity contribution in [3.05, 3.63) is 60.2 Å². The van der Waals surface area contributed by atoms with E-state index in [2.05, 4.69) is 5.32 Å². The molecule has 0 aliphatic rings. The molecule has 5 heteroatoms. The fourth-order valence-corrected chi connectivity index (χ4v) is 2.11. The van der Waals surface area contributed by atoms with Crippen LogP contribution in [0.4, 0.5) is 0 Å². The Balaban J connectivity index is 0.00000264. The molecular formula is C18H23ClN2O2. The first kappa shape index (κ1) is 19.0. The van der Waals surface area contributed by atoms with E-state index in [-0.39, 0.29) is 24.4 Å². The average molecular weight is 335 g/mol. The van der Waals surface area contributed by atoms with Gasteiger partial charge >= 0.3 is 0 Å². The van der Waals surface area contributed by atoms with Gasteiger partial charge in [0.25, 0.3) is 0 Å². The Hall–Kier alpha value is -2.04. The minimum atomic E-state index is -0.0314. The summed E-state index contributed by atoms with van der Waals surface area (Å²) < 4.78 is 5.75. The van der Waals surface area contributed by atoms with Crippen LogP contribution in [0, 0.1) is 0 Å². The number of nitrogens with two attached hydrogens (primary N) is 1. The van der Waals surface area contributed by atoms with Crippen LogP contribution in [-0.2, 0) is 4.79 Å². The zero-order chi connectivity index (χ0) is 15.8. The Labute approximate surface area is 143 Å². The van der Waals surface area contributed by atoms with Gasteiger partial charge < -0.3 is 15.8 Å². The van der Waals surface area contributed by atoms with Gasteiger partial charge in [-0.05, 0) is 49.7 Å². The van der Waals surface area contributed by atoms with Crippen LogP contribution in [0.3, 0.4) is 0 Å². The molecule has 0 aromatic heterocycles. The van der Waals surface area contributed by atoms with Crippen molar-refractivity contribution in [1.29, 1.82) is 0 Å². The summed E-state index contributed by atoms with van der Waals surface area (Å²) in [7, 11) is 0. The molecule has 0 bridgehead atoms. The van der Waals surface area contributed by atoms with Crippen LogP contribution >= 0.6 is 12.4 Å². The number of amides is 1. The predicted molar refractivity (Wildman–Crippen MR) is 95.1 cm³/mol. The van der Waals surface area contributed by atoms with Crippen LogP contribution in [0.25, 0.3) is 0 Å². The molecule has 2 aromatic rings. The second kappa shape index (κ2) is 9.87. The van der Waals surface area contributed by atoms with Gasteiger partial charge in [0.1, 0.15) is 11.5 Å². The molecule has 0 radical (unpaired) electrons. The molecule has 3 N–H and O–H groups in total. The summed E-state index contributed by atoms with van der Waals surface area (Å²) in [6.45, 7) is 2.50. The average Bonchev–Trinajstić information content (AvgIpc) is 2.54. The number of para-hydroxylation sites is 1. The zero-order valence-corrected chi connectivity index (χ0v) is 14.0. The Morgan fingerprint density at radius 1 is 1.09 bits per heavy atom. The molecule has 1 atom stereocenters. The van der Waals surface area contributed by atoms with E-state index in [0.29, 0.717) is 19.4 Å². The third-order valence-electron chi connectivity index (χ3n) is 3.34. The molecule has 1 unspecified atom stereocenters. The summed E-state index contributed by atoms with van der Waals surface area (Å²) in [5.41, 5.74) is 6.45. The van der Waals surface area contributed by atoms with E-state index in [1.54, 1.807) is 0 Å². The summed E-state index contributed by atoms with van der Waals surface area (Å²) in [4.78, 5) is 11.7. The van der Waals surface area contributed by atoms with Gasteiger partial charge in [0.05, 0.1) is 6.04 Å². The van der Waals surface area contributed by atoms with Crippen molar-refractivity contribution in [1.82, 2.24) is 5.32 Å². The van der Waals surface area contributed by atoms with Crippen LogP contribution in [0.2, 0.25) is 0 Å². The summed E-state index contributed by atoms with van der Waals surface area (Å²) in [6.07, 6.45) is 1.18. The molecule has 0 aliphatic carbocycles. The Morgan fingerprint density at radius 2 is 1.70 bits per heavy atom. The molecule has 0 aliphatic heterocycles. The standard InChI is InChI=1S/C18H22N2O2.ClH/c1-14(20-18(21)8-5-13-19)15-9-11-17(12-10-15)22-16-6-3-2-4-7-16;/h2-4,6-7,9-12,14H,5,8,13,19H2,1H3,(H,20,21);1H. The molecule has 0 saturated carbocycles. The molecule has 0 fully saturated rings. The van der Waals surface area contributed by atoms with Crippen LogP contribution in [0.1, 0.15) is 31.4 Å². The number of benzene rings is 2. The van der Waals surface area contributed by atoms with Gasteiger partial charge in [0.2, 0.25) is 5.91 Å². The highest BCUT2D eigenvalue weighted by Crippen LogP contribution is 2.23. The van der Waals surface area contributed by atoms with Crippen LogP contribution < -0.4 is 15.8 Å². The van der Waals surface area contributed by atoms with Crippen molar-refractivity contribution < 1.29 is 9.53 Å². The number of carbonyl (C=O) groups is 1. The van der Waals surface area contributed by atoms with E-state index in [9.17, 15) is 4.79 Å². The quantitative estimate of drug-likeness (QED) is 0.809. The highest BCUT2D eigenvalue weighted by Gasteiger charge is 2.09. The van der Waals surface area contributed by atoms with Crippen molar-refractivity contribution in [2.24, 2.45) is 5.73 Å². The molecule has 2 aromatic carbocycles. The molecule has 2 rings (SSSR count). The Kier molecular flexibility index (Phi) is 8.16. The molecule has 0 heterocycles. The largest absolute Gasteiger partial charge is 0.457 e. The topological polar surface area (TPSA) is 64.4 Å². The van der Waals surface area contributed by atoms with Crippen molar-refractivity contribution in [2.45, 2.75) is 25.8 Å². The lowest BCUT2D eigenvalue weighted by molar-refractivity contribution is -0.121. The second-order valence-corrected chi connectivity index (χ2v) is 5.17. The molecule has 23 heavy (non-hydrogen) atoms. The number of ether oxygens (including phenoxy) is 1. The van der Waals surface area contributed by atoms with E-state index >= 15 is 0 Å². The number of hydrogen-bond acceptors (Lipinski definition) is 3. The normalized spacial score (nSPS) is 11.2. The van der Waals surface area contributed by atoms with E-state index in [1.165, 1.54) is 0 Å². The number of carbonyl (C=O) groups excluding carboxylic acids is 1. The maximum atomic E-state index is 11.7. The molecule has 1 amide bonds. The first-order valence-corrected chi connectivity index (χ1v) is 7.51. The predicted octanol–water partition coefficient (Wildman–Crippen LogP) is 3.82. The highest BCUT2D eigenvalue weighted by atomic mass is 35.5. The minimum Gasteiger partial charge on any atom is -0.457 e. The van der Waals surface area contributed by atoms with Crippen molar-refractivity contribution in [2.75, 3.05) is 6.54 Å². The lowest BCUT2D eigenvalue weighted by Gasteiger charge is -2.15. The number of hydrogen-bond donors (Lipinski definition) is 2. The number of nitrogens with one attached hydrogen (secondary N) is 1. The van der Waals surface area contributed by atoms with Gasteiger partial charge in [-0.2, -0.15) is 0 Å². The van der Waals surface area contributed by atoms with E-state index < -0.39 is 0 Å². The minimum absolute atomic E-state index is 0. The van der Waals surface area contributed by atoms with Crippen molar-refractivity contribution >= 4 is 18.3 Å². The summed E-state index contributed by atoms with van der Waals surface area (Å²) in [5, 5.41) is 2.96. The molecular weight excluding hydrogens is 312 g/mol. The third-order valence-corrected chi connectivity index (χ3v) is 3.34. The maximum Gasteiger partial charge on any atom is 0.220 e. The fraction of sp³-hybridized carbons (Fsp3) is 0.278. The smallest absolute Gasteiger partial charge is 0.220 e. The second-order valence-electron chi connectivity index (χ2n) is 5.17. The maximum absolute atomic E-state index is 11.7. The Bertz CT molecular complexity index is 588. The Morgan fingerprint density at radius 3 is 2.30 bits per heavy atom. The van der Waals surface area contributed by atoms with Gasteiger partial charge in [-0.1, -0.05) is 30.3 Å². The highest BCUT2D eigenvalue weighted by molar-refractivity contribution is 5.85. The lowest BCUT2D eigenvalue weighted by Crippen LogP contribution is -2.26. The van der Waals surface area contributed by atoms with Gasteiger partial charge in [0.15, 0.2) is 0 Å².